The van der Waals surface area contributed by atoms with Crippen LogP contribution in [0.4, 0.5) is 0 Å². The van der Waals surface area contributed by atoms with Crippen molar-refractivity contribution in [1.29, 1.82) is 0 Å². The number of thiophene rings is 1. The molecule has 0 spiro atoms. The minimum Gasteiger partial charge on any atom is -0.477 e. The monoisotopic (exact) mass is 317 g/mol. The highest BCUT2D eigenvalue weighted by Crippen LogP contribution is 2.30. The summed E-state index contributed by atoms with van der Waals surface area (Å²) in [5, 5.41) is 8.84. The van der Waals surface area contributed by atoms with Gasteiger partial charge in [-0.25, -0.2) is 17.9 Å². The molecule has 1 saturated carbocycles. The van der Waals surface area contributed by atoms with E-state index in [1.54, 1.807) is 0 Å². The van der Waals surface area contributed by atoms with Crippen molar-refractivity contribution in [2.24, 2.45) is 11.8 Å². The number of rotatable bonds is 4. The van der Waals surface area contributed by atoms with Crippen LogP contribution in [0.25, 0.3) is 0 Å². The van der Waals surface area contributed by atoms with Crippen molar-refractivity contribution in [3.05, 3.63) is 17.0 Å². The maximum atomic E-state index is 12.2. The second kappa shape index (κ2) is 5.83. The number of hydrogen-bond donors (Lipinski definition) is 2. The molecular formula is C13H19NO4S2. The molecule has 2 rings (SSSR count). The number of sulfonamides is 1. The molecule has 0 aromatic carbocycles. The molecule has 1 aliphatic rings. The lowest BCUT2D eigenvalue weighted by molar-refractivity contribution is 0.0702. The summed E-state index contributed by atoms with van der Waals surface area (Å²) in [5.41, 5.74) is 0. The Morgan fingerprint density at radius 3 is 2.55 bits per heavy atom. The molecule has 0 aliphatic heterocycles. The fourth-order valence-electron chi connectivity index (χ4n) is 2.51. The minimum atomic E-state index is -3.61. The van der Waals surface area contributed by atoms with Crippen molar-refractivity contribution >= 4 is 27.3 Å². The average molecular weight is 317 g/mol. The van der Waals surface area contributed by atoms with E-state index in [9.17, 15) is 13.2 Å². The van der Waals surface area contributed by atoms with Crippen molar-refractivity contribution in [3.63, 3.8) is 0 Å². The molecule has 0 saturated heterocycles. The highest BCUT2D eigenvalue weighted by Gasteiger charge is 2.29. The summed E-state index contributed by atoms with van der Waals surface area (Å²) in [4.78, 5) is 10.8. The summed E-state index contributed by atoms with van der Waals surface area (Å²) in [6, 6.07) is 2.62. The van der Waals surface area contributed by atoms with Gasteiger partial charge in [-0.3, -0.25) is 0 Å². The number of nitrogens with one attached hydrogen (secondary N) is 1. The molecule has 3 atom stereocenters. The fraction of sp³-hybridized carbons (Fsp3) is 0.615. The Bertz CT molecular complexity index is 593. The first kappa shape index (κ1) is 15.5. The Morgan fingerprint density at radius 2 is 2.00 bits per heavy atom. The van der Waals surface area contributed by atoms with Gasteiger partial charge in [-0.1, -0.05) is 13.8 Å². The molecule has 0 bridgehead atoms. The lowest BCUT2D eigenvalue weighted by Gasteiger charge is -2.32. The predicted octanol–water partition coefficient (Wildman–Crippen LogP) is 2.55. The van der Waals surface area contributed by atoms with Crippen LogP contribution in [-0.2, 0) is 10.0 Å². The third-order valence-corrected chi connectivity index (χ3v) is 7.06. The van der Waals surface area contributed by atoms with Gasteiger partial charge in [0.15, 0.2) is 0 Å². The summed E-state index contributed by atoms with van der Waals surface area (Å²) in [7, 11) is -3.61. The van der Waals surface area contributed by atoms with Crippen molar-refractivity contribution in [2.75, 3.05) is 0 Å². The molecule has 0 radical (unpaired) electrons. The first-order chi connectivity index (χ1) is 9.29. The largest absolute Gasteiger partial charge is 0.477 e. The van der Waals surface area contributed by atoms with Gasteiger partial charge in [0, 0.05) is 6.04 Å². The van der Waals surface area contributed by atoms with Crippen molar-refractivity contribution in [2.45, 2.75) is 43.4 Å². The van der Waals surface area contributed by atoms with Gasteiger partial charge in [-0.2, -0.15) is 0 Å². The second-order valence-corrected chi connectivity index (χ2v) is 8.53. The fourth-order valence-corrected chi connectivity index (χ4v) is 4.96. The zero-order valence-electron chi connectivity index (χ0n) is 11.5. The first-order valence-electron chi connectivity index (χ1n) is 6.65. The van der Waals surface area contributed by atoms with Crippen LogP contribution in [0.15, 0.2) is 16.3 Å². The van der Waals surface area contributed by atoms with Crippen LogP contribution >= 0.6 is 11.3 Å². The third kappa shape index (κ3) is 3.39. The number of carboxylic acid groups (broad SMARTS) is 1. The molecule has 1 fully saturated rings. The Labute approximate surface area is 123 Å². The predicted molar refractivity (Wildman–Crippen MR) is 77.6 cm³/mol. The maximum absolute atomic E-state index is 12.2. The SMILES string of the molecule is CC1CCC(NS(=O)(=O)c2ccc(C(=O)O)s2)CC1C. The lowest BCUT2D eigenvalue weighted by Crippen LogP contribution is -2.39. The highest BCUT2D eigenvalue weighted by molar-refractivity contribution is 7.91. The smallest absolute Gasteiger partial charge is 0.345 e. The van der Waals surface area contributed by atoms with E-state index in [-0.39, 0.29) is 15.1 Å². The minimum absolute atomic E-state index is 0.0380. The zero-order chi connectivity index (χ0) is 14.9. The molecule has 7 heteroatoms. The first-order valence-corrected chi connectivity index (χ1v) is 8.95. The molecule has 1 heterocycles. The van der Waals surface area contributed by atoms with Crippen molar-refractivity contribution in [1.82, 2.24) is 4.72 Å². The number of aromatic carboxylic acids is 1. The van der Waals surface area contributed by atoms with Crippen LogP contribution in [0.3, 0.4) is 0 Å². The summed E-state index contributed by atoms with van der Waals surface area (Å²) in [5.74, 6) is 0.0158. The van der Waals surface area contributed by atoms with E-state index < -0.39 is 16.0 Å². The molecule has 3 unspecified atom stereocenters. The van der Waals surface area contributed by atoms with E-state index in [1.807, 2.05) is 0 Å². The molecule has 0 amide bonds. The molecule has 112 valence electrons. The van der Waals surface area contributed by atoms with Gasteiger partial charge in [0.2, 0.25) is 10.0 Å². The quantitative estimate of drug-likeness (QED) is 0.894. The highest BCUT2D eigenvalue weighted by atomic mass is 32.2. The summed E-state index contributed by atoms with van der Waals surface area (Å²) >= 11 is 0.788. The topological polar surface area (TPSA) is 83.5 Å². The molecular weight excluding hydrogens is 298 g/mol. The number of carbonyl (C=O) groups is 1. The van der Waals surface area contributed by atoms with Gasteiger partial charge in [0.05, 0.1) is 0 Å². The van der Waals surface area contributed by atoms with Crippen LogP contribution in [0, 0.1) is 11.8 Å². The van der Waals surface area contributed by atoms with Crippen LogP contribution in [0.1, 0.15) is 42.8 Å². The van der Waals surface area contributed by atoms with E-state index in [0.29, 0.717) is 11.8 Å². The molecule has 20 heavy (non-hydrogen) atoms. The Hall–Kier alpha value is -0.920. The normalized spacial score (nSPS) is 27.4. The van der Waals surface area contributed by atoms with E-state index in [0.717, 1.165) is 30.6 Å². The average Bonchev–Trinajstić information content (AvgIpc) is 2.84. The van der Waals surface area contributed by atoms with E-state index in [4.69, 9.17) is 5.11 Å². The number of carboxylic acids is 1. The lowest BCUT2D eigenvalue weighted by atomic mass is 9.79. The van der Waals surface area contributed by atoms with Crippen LogP contribution in [0.5, 0.6) is 0 Å². The van der Waals surface area contributed by atoms with Gasteiger partial charge in [0.25, 0.3) is 0 Å². The third-order valence-electron chi connectivity index (χ3n) is 3.98. The second-order valence-electron chi connectivity index (χ2n) is 5.51. The summed E-state index contributed by atoms with van der Waals surface area (Å²) in [6.45, 7) is 4.33. The van der Waals surface area contributed by atoms with Crippen molar-refractivity contribution < 1.29 is 18.3 Å². The van der Waals surface area contributed by atoms with Crippen LogP contribution < -0.4 is 4.72 Å². The molecule has 1 aliphatic carbocycles. The Balaban J connectivity index is 2.09. The Morgan fingerprint density at radius 1 is 1.30 bits per heavy atom. The Kier molecular flexibility index (Phi) is 4.51. The van der Waals surface area contributed by atoms with Crippen molar-refractivity contribution in [3.8, 4) is 0 Å². The standard InChI is InChI=1S/C13H19NO4S2/c1-8-3-4-10(7-9(8)2)14-20(17,18)12-6-5-11(19-12)13(15)16/h5-6,8-10,14H,3-4,7H2,1-2H3,(H,15,16). The van der Waals surface area contributed by atoms with Gasteiger partial charge >= 0.3 is 5.97 Å². The molecule has 2 N–H and O–H groups in total. The van der Waals surface area contributed by atoms with Crippen LogP contribution in [-0.4, -0.2) is 25.5 Å². The number of hydrogen-bond acceptors (Lipinski definition) is 4. The molecule has 5 nitrogen and oxygen atoms in total. The van der Waals surface area contributed by atoms with E-state index >= 15 is 0 Å². The van der Waals surface area contributed by atoms with Gasteiger partial charge < -0.3 is 5.11 Å². The summed E-state index contributed by atoms with van der Waals surface area (Å²) < 4.78 is 27.2. The van der Waals surface area contributed by atoms with Gasteiger partial charge in [-0.15, -0.1) is 11.3 Å². The molecule has 1 aromatic rings. The molecule has 1 aromatic heterocycles. The summed E-state index contributed by atoms with van der Waals surface area (Å²) in [6.07, 6.45) is 2.68. The van der Waals surface area contributed by atoms with Crippen LogP contribution in [0.2, 0.25) is 0 Å². The van der Waals surface area contributed by atoms with E-state index in [2.05, 4.69) is 18.6 Å². The maximum Gasteiger partial charge on any atom is 0.345 e. The van der Waals surface area contributed by atoms with Gasteiger partial charge in [-0.05, 0) is 43.2 Å². The van der Waals surface area contributed by atoms with Gasteiger partial charge in [0.1, 0.15) is 9.09 Å². The zero-order valence-corrected chi connectivity index (χ0v) is 13.1. The van der Waals surface area contributed by atoms with E-state index in [1.165, 1.54) is 12.1 Å².